The van der Waals surface area contributed by atoms with Crippen molar-refractivity contribution in [3.05, 3.63) is 92.3 Å². The Morgan fingerprint density at radius 2 is 1.94 bits per heavy atom. The van der Waals surface area contributed by atoms with Gasteiger partial charge in [0.15, 0.2) is 0 Å². The Morgan fingerprint density at radius 1 is 1.21 bits per heavy atom. The molecule has 12 nitrogen and oxygen atoms in total. The van der Waals surface area contributed by atoms with Crippen molar-refractivity contribution in [3.63, 3.8) is 0 Å². The second kappa shape index (κ2) is 10.3. The number of likely N-dealkylation sites (N-methyl/N-ethyl adjacent to an activating group) is 1. The molecule has 0 aliphatic heterocycles. The summed E-state index contributed by atoms with van der Waals surface area (Å²) >= 11 is 0. The Morgan fingerprint density at radius 3 is 2.59 bits per heavy atom. The van der Waals surface area contributed by atoms with E-state index in [1.807, 2.05) is 0 Å². The van der Waals surface area contributed by atoms with Gasteiger partial charge < -0.3 is 19.4 Å². The summed E-state index contributed by atoms with van der Waals surface area (Å²) in [7, 11) is 2.47. The molecule has 0 saturated carbocycles. The number of benzene rings is 1. The Kier molecular flexibility index (Phi) is 7.21. The fourth-order valence-corrected chi connectivity index (χ4v) is 3.12. The molecule has 0 radical (unpaired) electrons. The molecule has 2 amide bonds. The van der Waals surface area contributed by atoms with Gasteiger partial charge in [-0.15, -0.1) is 0 Å². The third-order valence-electron chi connectivity index (χ3n) is 4.88. The standard InChI is InChI=1S/C22H20N4O8/c1-24(17-8-4-3-7-16(17)20(28)23-11-15-6-5-9-34-15)19(27)13-25-12-14(22(30)33-2)10-18(21(25)29)26(31)32/h3-10,12H,11,13H2,1-2H3,(H,23,28). The van der Waals surface area contributed by atoms with E-state index in [2.05, 4.69) is 10.1 Å². The van der Waals surface area contributed by atoms with Gasteiger partial charge in [0.05, 0.1) is 41.7 Å². The second-order valence-corrected chi connectivity index (χ2v) is 7.03. The molecule has 3 aromatic rings. The minimum absolute atomic E-state index is 0.136. The van der Waals surface area contributed by atoms with Gasteiger partial charge in [-0.05, 0) is 24.3 Å². The summed E-state index contributed by atoms with van der Waals surface area (Å²) in [6.07, 6.45) is 2.48. The summed E-state index contributed by atoms with van der Waals surface area (Å²) in [5.74, 6) is -1.49. The van der Waals surface area contributed by atoms with Crippen molar-refractivity contribution in [3.8, 4) is 0 Å². The molecule has 0 saturated heterocycles. The minimum atomic E-state index is -1.07. The maximum Gasteiger partial charge on any atom is 0.339 e. The molecule has 0 aliphatic carbocycles. The average molecular weight is 468 g/mol. The first kappa shape index (κ1) is 23.9. The Bertz CT molecular complexity index is 1300. The molecule has 1 N–H and O–H groups in total. The van der Waals surface area contributed by atoms with Crippen LogP contribution < -0.4 is 15.8 Å². The van der Waals surface area contributed by atoms with Gasteiger partial charge in [0.2, 0.25) is 5.91 Å². The van der Waals surface area contributed by atoms with Crippen molar-refractivity contribution in [2.75, 3.05) is 19.1 Å². The van der Waals surface area contributed by atoms with Crippen LogP contribution in [-0.4, -0.2) is 41.4 Å². The van der Waals surface area contributed by atoms with Gasteiger partial charge in [-0.2, -0.15) is 0 Å². The highest BCUT2D eigenvalue weighted by Crippen LogP contribution is 2.20. The quantitative estimate of drug-likeness (QED) is 0.298. The number of nitro groups is 1. The Balaban J connectivity index is 1.86. The first-order valence-electron chi connectivity index (χ1n) is 9.86. The minimum Gasteiger partial charge on any atom is -0.467 e. The van der Waals surface area contributed by atoms with Gasteiger partial charge in [0, 0.05) is 19.3 Å². The molecule has 176 valence electrons. The number of ether oxygens (including phenoxy) is 1. The van der Waals surface area contributed by atoms with Gasteiger partial charge in [0.1, 0.15) is 12.3 Å². The third kappa shape index (κ3) is 5.18. The molecule has 2 heterocycles. The number of hydrogen-bond acceptors (Lipinski definition) is 8. The molecule has 0 spiro atoms. The van der Waals surface area contributed by atoms with E-state index in [1.54, 1.807) is 24.3 Å². The number of aromatic nitrogens is 1. The number of nitrogens with one attached hydrogen (secondary N) is 1. The molecule has 0 atom stereocenters. The normalized spacial score (nSPS) is 10.4. The number of esters is 1. The van der Waals surface area contributed by atoms with E-state index in [4.69, 9.17) is 4.42 Å². The van der Waals surface area contributed by atoms with Gasteiger partial charge in [-0.3, -0.25) is 29.1 Å². The van der Waals surface area contributed by atoms with E-state index in [9.17, 15) is 29.3 Å². The van der Waals surface area contributed by atoms with E-state index in [0.29, 0.717) is 5.76 Å². The molecular formula is C22H20N4O8. The second-order valence-electron chi connectivity index (χ2n) is 7.03. The lowest BCUT2D eigenvalue weighted by Gasteiger charge is -2.21. The largest absolute Gasteiger partial charge is 0.467 e. The van der Waals surface area contributed by atoms with Crippen molar-refractivity contribution in [1.82, 2.24) is 9.88 Å². The van der Waals surface area contributed by atoms with Crippen LogP contribution in [0.1, 0.15) is 26.5 Å². The molecule has 0 fully saturated rings. The molecule has 34 heavy (non-hydrogen) atoms. The highest BCUT2D eigenvalue weighted by molar-refractivity contribution is 6.04. The molecule has 3 rings (SSSR count). The number of methoxy groups -OCH3 is 1. The van der Waals surface area contributed by atoms with Crippen LogP contribution in [0, 0.1) is 10.1 Å². The lowest BCUT2D eigenvalue weighted by atomic mass is 10.1. The van der Waals surface area contributed by atoms with E-state index < -0.39 is 40.5 Å². The Labute approximate surface area is 192 Å². The number of anilines is 1. The van der Waals surface area contributed by atoms with Crippen LogP contribution in [0.3, 0.4) is 0 Å². The van der Waals surface area contributed by atoms with Crippen LogP contribution in [0.25, 0.3) is 0 Å². The summed E-state index contributed by atoms with van der Waals surface area (Å²) in [6.45, 7) is -0.486. The van der Waals surface area contributed by atoms with Crippen LogP contribution >= 0.6 is 0 Å². The number of pyridine rings is 1. The first-order valence-corrected chi connectivity index (χ1v) is 9.86. The SMILES string of the molecule is COC(=O)c1cc([N+](=O)[O-])c(=O)n(CC(=O)N(C)c2ccccc2C(=O)NCc2ccco2)c1. The number of carbonyl (C=O) groups excluding carboxylic acids is 3. The summed E-state index contributed by atoms with van der Waals surface area (Å²) < 4.78 is 10.5. The van der Waals surface area contributed by atoms with Crippen molar-refractivity contribution < 1.29 is 28.5 Å². The maximum absolute atomic E-state index is 12.9. The number of para-hydroxylation sites is 1. The van der Waals surface area contributed by atoms with Crippen LogP contribution in [-0.2, 0) is 22.6 Å². The van der Waals surface area contributed by atoms with Gasteiger partial charge >= 0.3 is 17.2 Å². The number of carbonyl (C=O) groups is 3. The topological polar surface area (TPSA) is 154 Å². The Hall–Kier alpha value is -4.74. The van der Waals surface area contributed by atoms with Crippen molar-refractivity contribution >= 4 is 29.2 Å². The van der Waals surface area contributed by atoms with Gasteiger partial charge in [-0.1, -0.05) is 12.1 Å². The zero-order valence-electron chi connectivity index (χ0n) is 18.2. The van der Waals surface area contributed by atoms with Crippen LogP contribution in [0.4, 0.5) is 11.4 Å². The van der Waals surface area contributed by atoms with Crippen molar-refractivity contribution in [2.24, 2.45) is 0 Å². The van der Waals surface area contributed by atoms with Crippen molar-refractivity contribution in [2.45, 2.75) is 13.1 Å². The first-order chi connectivity index (χ1) is 16.2. The molecule has 0 aliphatic rings. The predicted molar refractivity (Wildman–Crippen MR) is 118 cm³/mol. The molecule has 2 aromatic heterocycles. The molecule has 1 aromatic carbocycles. The van der Waals surface area contributed by atoms with Gasteiger partial charge in [-0.25, -0.2) is 4.79 Å². The molecule has 0 bridgehead atoms. The van der Waals surface area contributed by atoms with Gasteiger partial charge in [0.25, 0.3) is 5.91 Å². The average Bonchev–Trinajstić information content (AvgIpc) is 3.36. The molecule has 0 unspecified atom stereocenters. The summed E-state index contributed by atoms with van der Waals surface area (Å²) in [5.41, 5.74) is -1.77. The lowest BCUT2D eigenvalue weighted by Crippen LogP contribution is -2.36. The molecule has 12 heteroatoms. The highest BCUT2D eigenvalue weighted by atomic mass is 16.6. The number of amides is 2. The number of rotatable bonds is 8. The van der Waals surface area contributed by atoms with Crippen LogP contribution in [0.5, 0.6) is 0 Å². The maximum atomic E-state index is 12.9. The number of nitrogens with zero attached hydrogens (tertiary/aromatic N) is 3. The summed E-state index contributed by atoms with van der Waals surface area (Å²) in [6, 6.07) is 10.5. The zero-order valence-corrected chi connectivity index (χ0v) is 18.2. The van der Waals surface area contributed by atoms with E-state index >= 15 is 0 Å². The van der Waals surface area contributed by atoms with E-state index in [-0.39, 0.29) is 23.4 Å². The van der Waals surface area contributed by atoms with E-state index in [0.717, 1.165) is 28.8 Å². The van der Waals surface area contributed by atoms with Crippen LogP contribution in [0.2, 0.25) is 0 Å². The predicted octanol–water partition coefficient (Wildman–Crippen LogP) is 1.73. The zero-order chi connectivity index (χ0) is 24.8. The summed E-state index contributed by atoms with van der Waals surface area (Å²) in [4.78, 5) is 61.4. The van der Waals surface area contributed by atoms with Crippen molar-refractivity contribution in [1.29, 1.82) is 0 Å². The third-order valence-corrected chi connectivity index (χ3v) is 4.88. The van der Waals surface area contributed by atoms with Crippen LogP contribution in [0.15, 0.2) is 64.1 Å². The molecular weight excluding hydrogens is 448 g/mol. The highest BCUT2D eigenvalue weighted by Gasteiger charge is 2.24. The lowest BCUT2D eigenvalue weighted by molar-refractivity contribution is -0.386. The summed E-state index contributed by atoms with van der Waals surface area (Å²) in [5, 5.41) is 13.9. The smallest absolute Gasteiger partial charge is 0.339 e. The monoisotopic (exact) mass is 468 g/mol. The number of furan rings is 1. The fraction of sp³-hybridized carbons (Fsp3) is 0.182. The fourth-order valence-electron chi connectivity index (χ4n) is 3.12. The van der Waals surface area contributed by atoms with E-state index in [1.165, 1.54) is 25.4 Å². The number of hydrogen-bond donors (Lipinski definition) is 1.